The van der Waals surface area contributed by atoms with Gasteiger partial charge in [0.15, 0.2) is 0 Å². The number of amides is 2. The molecule has 2 aromatic carbocycles. The fraction of sp³-hybridized carbons (Fsp3) is 0.419. The Morgan fingerprint density at radius 1 is 0.763 bits per heavy atom. The predicted octanol–water partition coefficient (Wildman–Crippen LogP) is 4.28. The maximum Gasteiger partial charge on any atom is 0.244 e. The van der Waals surface area contributed by atoms with Gasteiger partial charge in [0.2, 0.25) is 11.8 Å². The summed E-state index contributed by atoms with van der Waals surface area (Å²) in [5.41, 5.74) is 3.46. The van der Waals surface area contributed by atoms with Gasteiger partial charge in [0.25, 0.3) is 0 Å². The number of fused-ring (bicyclic) bond motifs is 2. The Balaban J connectivity index is 1.78. The fourth-order valence-electron chi connectivity index (χ4n) is 4.49. The van der Waals surface area contributed by atoms with Crippen molar-refractivity contribution < 1.29 is 14.3 Å². The van der Waals surface area contributed by atoms with Crippen molar-refractivity contribution in [1.29, 1.82) is 0 Å². The Morgan fingerprint density at radius 3 is 1.58 bits per heavy atom. The van der Waals surface area contributed by atoms with E-state index in [0.717, 1.165) is 59.7 Å². The van der Waals surface area contributed by atoms with E-state index in [1.54, 1.807) is 24.3 Å². The lowest BCUT2D eigenvalue weighted by Crippen LogP contribution is -2.26. The van der Waals surface area contributed by atoms with Crippen LogP contribution in [0.3, 0.4) is 0 Å². The van der Waals surface area contributed by atoms with Gasteiger partial charge in [-0.25, -0.2) is 0 Å². The van der Waals surface area contributed by atoms with Crippen molar-refractivity contribution in [1.82, 2.24) is 20.4 Å². The van der Waals surface area contributed by atoms with Crippen molar-refractivity contribution >= 4 is 24.0 Å². The summed E-state index contributed by atoms with van der Waals surface area (Å²) in [5.74, 6) is 1.21. The first-order valence-electron chi connectivity index (χ1n) is 13.3. The summed E-state index contributed by atoms with van der Waals surface area (Å²) in [6.07, 6.45) is 8.52. The molecule has 7 nitrogen and oxygen atoms in total. The summed E-state index contributed by atoms with van der Waals surface area (Å²) in [5, 5.41) is 5.88. The van der Waals surface area contributed by atoms with E-state index >= 15 is 0 Å². The normalized spacial score (nSPS) is 14.0. The summed E-state index contributed by atoms with van der Waals surface area (Å²) in [6, 6.07) is 12.0. The van der Waals surface area contributed by atoms with Gasteiger partial charge >= 0.3 is 0 Å². The third-order valence-electron chi connectivity index (χ3n) is 6.63. The molecule has 0 bridgehead atoms. The summed E-state index contributed by atoms with van der Waals surface area (Å²) < 4.78 is 6.51. The Kier molecular flexibility index (Phi) is 10.3. The zero-order valence-corrected chi connectivity index (χ0v) is 23.6. The first kappa shape index (κ1) is 29.1. The Morgan fingerprint density at radius 2 is 1.18 bits per heavy atom. The van der Waals surface area contributed by atoms with E-state index in [2.05, 4.69) is 46.4 Å². The molecule has 0 aromatic heterocycles. The van der Waals surface area contributed by atoms with E-state index in [1.165, 1.54) is 0 Å². The number of carbonyl (C=O) groups excluding carboxylic acids is 2. The third kappa shape index (κ3) is 7.79. The lowest BCUT2D eigenvalue weighted by molar-refractivity contribution is -0.117. The summed E-state index contributed by atoms with van der Waals surface area (Å²) in [6.45, 7) is 7.45. The summed E-state index contributed by atoms with van der Waals surface area (Å²) >= 11 is 0. The highest BCUT2D eigenvalue weighted by atomic mass is 16.5. The first-order valence-corrected chi connectivity index (χ1v) is 13.3. The van der Waals surface area contributed by atoms with Crippen LogP contribution in [0.15, 0.2) is 48.6 Å². The molecule has 1 heterocycles. The number of para-hydroxylation sites is 2. The van der Waals surface area contributed by atoms with Gasteiger partial charge in [-0.05, 0) is 66.3 Å². The molecular weight excluding hydrogens is 476 g/mol. The average molecular weight is 519 g/mol. The largest absolute Gasteiger partial charge is 0.455 e. The number of hydrogen-bond donors (Lipinski definition) is 2. The lowest BCUT2D eigenvalue weighted by Gasteiger charge is -2.36. The quantitative estimate of drug-likeness (QED) is 0.324. The second-order valence-corrected chi connectivity index (χ2v) is 10.7. The molecule has 0 fully saturated rings. The summed E-state index contributed by atoms with van der Waals surface area (Å²) in [7, 11) is 8.07. The fourth-order valence-corrected chi connectivity index (χ4v) is 4.49. The van der Waals surface area contributed by atoms with E-state index in [0.29, 0.717) is 13.1 Å². The lowest BCUT2D eigenvalue weighted by atomic mass is 9.74. The van der Waals surface area contributed by atoms with Crippen LogP contribution in [0.25, 0.3) is 12.2 Å². The number of benzene rings is 2. The zero-order chi connectivity index (χ0) is 27.7. The molecule has 0 saturated carbocycles. The molecule has 1 aliphatic heterocycles. The van der Waals surface area contributed by atoms with Crippen LogP contribution in [-0.4, -0.2) is 76.0 Å². The molecule has 38 heavy (non-hydrogen) atoms. The molecule has 2 aromatic rings. The van der Waals surface area contributed by atoms with Crippen LogP contribution < -0.4 is 15.4 Å². The van der Waals surface area contributed by atoms with E-state index in [4.69, 9.17) is 4.74 Å². The van der Waals surface area contributed by atoms with Crippen LogP contribution in [0.4, 0.5) is 0 Å². The van der Waals surface area contributed by atoms with Crippen LogP contribution in [0, 0.1) is 0 Å². The maximum atomic E-state index is 12.4. The molecule has 0 aliphatic carbocycles. The molecule has 0 atom stereocenters. The molecule has 0 spiro atoms. The molecule has 0 unspecified atom stereocenters. The highest BCUT2D eigenvalue weighted by Crippen LogP contribution is 2.50. The molecule has 3 rings (SSSR count). The highest BCUT2D eigenvalue weighted by Gasteiger charge is 2.35. The number of hydrogen-bond acceptors (Lipinski definition) is 5. The Labute approximate surface area is 227 Å². The molecule has 0 saturated heterocycles. The van der Waals surface area contributed by atoms with Crippen molar-refractivity contribution in [2.45, 2.75) is 32.1 Å². The van der Waals surface area contributed by atoms with Gasteiger partial charge in [0.05, 0.1) is 0 Å². The highest BCUT2D eigenvalue weighted by molar-refractivity contribution is 5.93. The molecule has 2 N–H and O–H groups in total. The van der Waals surface area contributed by atoms with Crippen molar-refractivity contribution in [2.75, 3.05) is 54.4 Å². The van der Waals surface area contributed by atoms with Gasteiger partial charge in [0, 0.05) is 52.9 Å². The number of rotatable bonds is 12. The van der Waals surface area contributed by atoms with Crippen LogP contribution in [0.5, 0.6) is 11.5 Å². The Hall–Kier alpha value is -3.42. The Bertz CT molecular complexity index is 1090. The van der Waals surface area contributed by atoms with Gasteiger partial charge in [-0.2, -0.15) is 0 Å². The molecule has 7 heteroatoms. The first-order chi connectivity index (χ1) is 18.1. The van der Waals surface area contributed by atoms with Gasteiger partial charge in [-0.3, -0.25) is 9.59 Å². The molecule has 1 aliphatic rings. The standard InChI is InChI=1S/C31H42N4O3/c1-31(2)25-13-7-11-23(15-17-27(36)32-19-9-21-34(3)4)29(25)38-30-24(12-8-14-26(30)31)16-18-28(37)33-20-10-22-35(5)6/h7-8,11-18H,9-10,19-22H2,1-6H3,(H,32,36)(H,33,37)/b17-15+,18-16+. The minimum absolute atomic E-state index is 0.128. The monoisotopic (exact) mass is 518 g/mol. The smallest absolute Gasteiger partial charge is 0.244 e. The maximum absolute atomic E-state index is 12.4. The van der Waals surface area contributed by atoms with Crippen molar-refractivity contribution in [3.63, 3.8) is 0 Å². The van der Waals surface area contributed by atoms with E-state index in [9.17, 15) is 9.59 Å². The average Bonchev–Trinajstić information content (AvgIpc) is 2.86. The summed E-state index contributed by atoms with van der Waals surface area (Å²) in [4.78, 5) is 29.0. The third-order valence-corrected chi connectivity index (χ3v) is 6.63. The van der Waals surface area contributed by atoms with Crippen LogP contribution >= 0.6 is 0 Å². The molecular formula is C31H42N4O3. The van der Waals surface area contributed by atoms with Crippen molar-refractivity contribution in [2.24, 2.45) is 0 Å². The van der Waals surface area contributed by atoms with Gasteiger partial charge in [-0.1, -0.05) is 50.2 Å². The number of carbonyl (C=O) groups is 2. The van der Waals surface area contributed by atoms with Crippen LogP contribution in [0.2, 0.25) is 0 Å². The van der Waals surface area contributed by atoms with E-state index < -0.39 is 0 Å². The van der Waals surface area contributed by atoms with Crippen LogP contribution in [-0.2, 0) is 15.0 Å². The number of ether oxygens (including phenoxy) is 1. The number of nitrogens with zero attached hydrogens (tertiary/aromatic N) is 2. The van der Waals surface area contributed by atoms with E-state index in [-0.39, 0.29) is 17.2 Å². The van der Waals surface area contributed by atoms with Gasteiger partial charge < -0.3 is 25.2 Å². The van der Waals surface area contributed by atoms with Crippen molar-refractivity contribution in [3.05, 3.63) is 70.8 Å². The number of nitrogens with one attached hydrogen (secondary N) is 2. The van der Waals surface area contributed by atoms with Crippen molar-refractivity contribution in [3.8, 4) is 11.5 Å². The molecule has 204 valence electrons. The molecule has 2 amide bonds. The second-order valence-electron chi connectivity index (χ2n) is 10.7. The minimum atomic E-state index is -0.320. The SMILES string of the molecule is CN(C)CCCNC(=O)/C=C/c1cccc2c1Oc1c(/C=C/C(=O)NCCCN(C)C)cccc1C2(C)C. The van der Waals surface area contributed by atoms with E-state index in [1.807, 2.05) is 52.5 Å². The minimum Gasteiger partial charge on any atom is -0.455 e. The van der Waals surface area contributed by atoms with Crippen LogP contribution in [0.1, 0.15) is 48.9 Å². The zero-order valence-electron chi connectivity index (χ0n) is 23.6. The van der Waals surface area contributed by atoms with Gasteiger partial charge in [0.1, 0.15) is 11.5 Å². The van der Waals surface area contributed by atoms with Gasteiger partial charge in [-0.15, -0.1) is 0 Å². The second kappa shape index (κ2) is 13.4. The predicted molar refractivity (Wildman–Crippen MR) is 156 cm³/mol. The topological polar surface area (TPSA) is 73.9 Å². The molecule has 0 radical (unpaired) electrons.